The molecule has 1 aromatic heterocycles. The number of hydrazone groups is 1. The minimum Gasteiger partial charge on any atom is -0.493 e. The predicted octanol–water partition coefficient (Wildman–Crippen LogP) is 1.95. The molecule has 2 N–H and O–H groups in total. The van der Waals surface area contributed by atoms with Gasteiger partial charge in [-0.25, -0.2) is 5.43 Å². The van der Waals surface area contributed by atoms with Crippen molar-refractivity contribution < 1.29 is 14.3 Å². The van der Waals surface area contributed by atoms with Crippen molar-refractivity contribution in [3.8, 4) is 22.8 Å². The number of ether oxygens (including phenoxy) is 2. The molecule has 1 aliphatic rings. The molecule has 0 unspecified atom stereocenters. The molecule has 1 heterocycles. The number of methoxy groups -OCH3 is 2. The zero-order valence-electron chi connectivity index (χ0n) is 13.0. The molecule has 120 valence electrons. The lowest BCUT2D eigenvalue weighted by molar-refractivity contribution is -0.122. The summed E-state index contributed by atoms with van der Waals surface area (Å²) in [4.78, 5) is 11.6. The molecule has 1 aliphatic carbocycles. The van der Waals surface area contributed by atoms with E-state index in [4.69, 9.17) is 9.47 Å². The Morgan fingerprint density at radius 1 is 1.35 bits per heavy atom. The van der Waals surface area contributed by atoms with Crippen molar-refractivity contribution in [3.05, 3.63) is 30.0 Å². The summed E-state index contributed by atoms with van der Waals surface area (Å²) in [5.41, 5.74) is 4.99. The minimum atomic E-state index is -0.0302. The summed E-state index contributed by atoms with van der Waals surface area (Å²) in [6.07, 6.45) is 5.13. The lowest BCUT2D eigenvalue weighted by Crippen LogP contribution is -2.18. The Morgan fingerprint density at radius 3 is 2.83 bits per heavy atom. The minimum absolute atomic E-state index is 0.0302. The van der Waals surface area contributed by atoms with E-state index in [2.05, 4.69) is 20.7 Å². The Kier molecular flexibility index (Phi) is 4.27. The van der Waals surface area contributed by atoms with Crippen LogP contribution in [0.5, 0.6) is 11.5 Å². The summed E-state index contributed by atoms with van der Waals surface area (Å²) in [5.74, 6) is 1.38. The standard InChI is InChI=1S/C16H18N4O3/c1-22-13-6-5-11(7-14(13)23-2)15-12(8-17-19-15)9-18-20-16(21)10-3-4-10/h5-10H,3-4H2,1-2H3,(H,17,19)(H,20,21)/b18-9-. The summed E-state index contributed by atoms with van der Waals surface area (Å²) >= 11 is 0. The zero-order chi connectivity index (χ0) is 16.2. The van der Waals surface area contributed by atoms with Crippen LogP contribution < -0.4 is 14.9 Å². The number of carbonyl (C=O) groups excluding carboxylic acids is 1. The Hall–Kier alpha value is -2.83. The number of rotatable bonds is 6. The highest BCUT2D eigenvalue weighted by Gasteiger charge is 2.29. The predicted molar refractivity (Wildman–Crippen MR) is 85.6 cm³/mol. The van der Waals surface area contributed by atoms with Crippen molar-refractivity contribution in [2.45, 2.75) is 12.8 Å². The number of benzene rings is 1. The fourth-order valence-electron chi connectivity index (χ4n) is 2.22. The number of hydrogen-bond donors (Lipinski definition) is 2. The summed E-state index contributed by atoms with van der Waals surface area (Å²) in [6, 6.07) is 5.58. The SMILES string of the molecule is COc1ccc(-c2[nH]ncc2/C=N\NC(=O)C2CC2)cc1OC. The van der Waals surface area contributed by atoms with Crippen LogP contribution in [0.4, 0.5) is 0 Å². The molecule has 1 amide bonds. The molecule has 3 rings (SSSR count). The lowest BCUT2D eigenvalue weighted by Gasteiger charge is -2.09. The van der Waals surface area contributed by atoms with Crippen LogP contribution in [0, 0.1) is 5.92 Å². The summed E-state index contributed by atoms with van der Waals surface area (Å²) in [7, 11) is 3.18. The van der Waals surface area contributed by atoms with E-state index in [1.54, 1.807) is 26.6 Å². The van der Waals surface area contributed by atoms with Gasteiger partial charge in [-0.2, -0.15) is 10.2 Å². The number of nitrogens with one attached hydrogen (secondary N) is 2. The number of aromatic nitrogens is 2. The van der Waals surface area contributed by atoms with Gasteiger partial charge in [0, 0.05) is 17.0 Å². The van der Waals surface area contributed by atoms with Gasteiger partial charge >= 0.3 is 0 Å². The second kappa shape index (κ2) is 6.51. The molecular weight excluding hydrogens is 296 g/mol. The van der Waals surface area contributed by atoms with Crippen molar-refractivity contribution in [3.63, 3.8) is 0 Å². The fraction of sp³-hybridized carbons (Fsp3) is 0.312. The van der Waals surface area contributed by atoms with Crippen molar-refractivity contribution in [2.75, 3.05) is 14.2 Å². The molecular formula is C16H18N4O3. The van der Waals surface area contributed by atoms with Gasteiger partial charge in [0.1, 0.15) is 0 Å². The summed E-state index contributed by atoms with van der Waals surface area (Å²) < 4.78 is 10.5. The van der Waals surface area contributed by atoms with Gasteiger partial charge in [-0.05, 0) is 31.0 Å². The second-order valence-electron chi connectivity index (χ2n) is 5.28. The van der Waals surface area contributed by atoms with Crippen LogP contribution in [0.3, 0.4) is 0 Å². The second-order valence-corrected chi connectivity index (χ2v) is 5.28. The molecule has 2 aromatic rings. The van der Waals surface area contributed by atoms with E-state index >= 15 is 0 Å². The molecule has 0 spiro atoms. The van der Waals surface area contributed by atoms with Gasteiger partial charge in [0.2, 0.25) is 5.91 Å². The molecule has 0 aliphatic heterocycles. The van der Waals surface area contributed by atoms with E-state index in [1.807, 2.05) is 18.2 Å². The van der Waals surface area contributed by atoms with Gasteiger partial charge in [0.15, 0.2) is 11.5 Å². The smallest absolute Gasteiger partial charge is 0.243 e. The van der Waals surface area contributed by atoms with Gasteiger partial charge < -0.3 is 9.47 Å². The maximum absolute atomic E-state index is 11.6. The number of aromatic amines is 1. The molecule has 0 atom stereocenters. The zero-order valence-corrected chi connectivity index (χ0v) is 13.0. The van der Waals surface area contributed by atoms with Crippen molar-refractivity contribution >= 4 is 12.1 Å². The van der Waals surface area contributed by atoms with Gasteiger partial charge in [-0.15, -0.1) is 0 Å². The average Bonchev–Trinajstić information content (AvgIpc) is 3.33. The normalized spacial score (nSPS) is 14.0. The number of hydrogen-bond acceptors (Lipinski definition) is 5. The lowest BCUT2D eigenvalue weighted by atomic mass is 10.1. The van der Waals surface area contributed by atoms with E-state index in [-0.39, 0.29) is 11.8 Å². The molecule has 0 saturated heterocycles. The third kappa shape index (κ3) is 3.33. The highest BCUT2D eigenvalue weighted by atomic mass is 16.5. The van der Waals surface area contributed by atoms with Crippen LogP contribution in [0.2, 0.25) is 0 Å². The average molecular weight is 314 g/mol. The monoisotopic (exact) mass is 314 g/mol. The van der Waals surface area contributed by atoms with Crippen LogP contribution in [-0.4, -0.2) is 36.5 Å². The Bertz CT molecular complexity index is 735. The topological polar surface area (TPSA) is 88.6 Å². The number of nitrogens with zero attached hydrogens (tertiary/aromatic N) is 2. The number of H-pyrrole nitrogens is 1. The van der Waals surface area contributed by atoms with Crippen LogP contribution in [0.25, 0.3) is 11.3 Å². The summed E-state index contributed by atoms with van der Waals surface area (Å²) in [6.45, 7) is 0. The van der Waals surface area contributed by atoms with E-state index in [9.17, 15) is 4.79 Å². The van der Waals surface area contributed by atoms with Crippen LogP contribution in [0.15, 0.2) is 29.5 Å². The summed E-state index contributed by atoms with van der Waals surface area (Å²) in [5, 5.41) is 11.0. The Morgan fingerprint density at radius 2 is 2.13 bits per heavy atom. The molecule has 0 bridgehead atoms. The molecule has 7 nitrogen and oxygen atoms in total. The number of amides is 1. The maximum atomic E-state index is 11.6. The molecule has 1 saturated carbocycles. The van der Waals surface area contributed by atoms with Gasteiger partial charge in [0.05, 0.1) is 32.3 Å². The van der Waals surface area contributed by atoms with Gasteiger partial charge in [-0.1, -0.05) is 0 Å². The largest absolute Gasteiger partial charge is 0.493 e. The van der Waals surface area contributed by atoms with Gasteiger partial charge in [0.25, 0.3) is 0 Å². The van der Waals surface area contributed by atoms with E-state index in [0.717, 1.165) is 29.7 Å². The molecule has 1 aromatic carbocycles. The van der Waals surface area contributed by atoms with Crippen molar-refractivity contribution in [2.24, 2.45) is 11.0 Å². The molecule has 23 heavy (non-hydrogen) atoms. The van der Waals surface area contributed by atoms with E-state index in [0.29, 0.717) is 11.5 Å². The molecule has 1 fully saturated rings. The fourth-order valence-corrected chi connectivity index (χ4v) is 2.22. The first kappa shape index (κ1) is 15.1. The molecule has 0 radical (unpaired) electrons. The number of carbonyl (C=O) groups is 1. The Balaban J connectivity index is 1.79. The quantitative estimate of drug-likeness (QED) is 0.630. The van der Waals surface area contributed by atoms with Gasteiger partial charge in [-0.3, -0.25) is 9.89 Å². The maximum Gasteiger partial charge on any atom is 0.243 e. The highest BCUT2D eigenvalue weighted by molar-refractivity contribution is 5.90. The first-order valence-electron chi connectivity index (χ1n) is 7.31. The molecule has 7 heteroatoms. The van der Waals surface area contributed by atoms with E-state index in [1.165, 1.54) is 0 Å². The van der Waals surface area contributed by atoms with Crippen molar-refractivity contribution in [1.82, 2.24) is 15.6 Å². The van der Waals surface area contributed by atoms with Crippen LogP contribution >= 0.6 is 0 Å². The Labute approximate surface area is 133 Å². The first-order chi connectivity index (χ1) is 11.2. The third-order valence-corrected chi connectivity index (χ3v) is 3.67. The van der Waals surface area contributed by atoms with Crippen LogP contribution in [-0.2, 0) is 4.79 Å². The highest BCUT2D eigenvalue weighted by Crippen LogP contribution is 2.32. The van der Waals surface area contributed by atoms with Crippen LogP contribution in [0.1, 0.15) is 18.4 Å². The van der Waals surface area contributed by atoms with E-state index < -0.39 is 0 Å². The van der Waals surface area contributed by atoms with Crippen molar-refractivity contribution in [1.29, 1.82) is 0 Å². The third-order valence-electron chi connectivity index (χ3n) is 3.67. The first-order valence-corrected chi connectivity index (χ1v) is 7.31.